The summed E-state index contributed by atoms with van der Waals surface area (Å²) in [6, 6.07) is 3.25. The van der Waals surface area contributed by atoms with Gasteiger partial charge in [0, 0.05) is 11.4 Å². The van der Waals surface area contributed by atoms with Crippen molar-refractivity contribution in [2.45, 2.75) is 6.54 Å². The van der Waals surface area contributed by atoms with Gasteiger partial charge >= 0.3 is 5.97 Å². The molecule has 0 radical (unpaired) electrons. The Morgan fingerprint density at radius 3 is 2.71 bits per heavy atom. The lowest BCUT2D eigenvalue weighted by atomic mass is 10.4. The fourth-order valence-electron chi connectivity index (χ4n) is 0.897. The van der Waals surface area contributed by atoms with Crippen molar-refractivity contribution in [2.24, 2.45) is 5.73 Å². The number of carbonyl (C=O) groups excluding carboxylic acids is 1. The van der Waals surface area contributed by atoms with Crippen molar-refractivity contribution in [1.29, 1.82) is 0 Å². The number of rotatable bonds is 5. The number of primary amides is 1. The number of carboxylic acids is 1. The Labute approximate surface area is 84.5 Å². The van der Waals surface area contributed by atoms with Crippen molar-refractivity contribution in [3.8, 4) is 0 Å². The van der Waals surface area contributed by atoms with Gasteiger partial charge in [-0.2, -0.15) is 0 Å². The average Bonchev–Trinajstić information content (AvgIpc) is 2.52. The van der Waals surface area contributed by atoms with E-state index < -0.39 is 11.9 Å². The van der Waals surface area contributed by atoms with Gasteiger partial charge in [-0.1, -0.05) is 0 Å². The third-order valence-electron chi connectivity index (χ3n) is 1.47. The van der Waals surface area contributed by atoms with Gasteiger partial charge in [0.2, 0.25) is 5.91 Å². The minimum Gasteiger partial charge on any atom is -0.477 e. The molecule has 0 aliphatic heterocycles. The highest BCUT2D eigenvalue weighted by atomic mass is 32.1. The van der Waals surface area contributed by atoms with E-state index in [1.54, 1.807) is 6.07 Å². The first kappa shape index (κ1) is 10.7. The zero-order valence-electron chi connectivity index (χ0n) is 7.32. The Morgan fingerprint density at radius 2 is 2.21 bits per heavy atom. The number of aromatic carboxylic acids is 1. The van der Waals surface area contributed by atoms with Gasteiger partial charge in [0.05, 0.1) is 6.54 Å². The molecule has 76 valence electrons. The van der Waals surface area contributed by atoms with E-state index in [2.05, 4.69) is 5.32 Å². The number of carboxylic acid groups (broad SMARTS) is 1. The Morgan fingerprint density at radius 1 is 1.50 bits per heavy atom. The molecule has 5 nitrogen and oxygen atoms in total. The first-order valence-corrected chi connectivity index (χ1v) is 4.72. The molecule has 1 aromatic rings. The predicted molar refractivity (Wildman–Crippen MR) is 52.2 cm³/mol. The van der Waals surface area contributed by atoms with Crippen LogP contribution in [0.3, 0.4) is 0 Å². The molecule has 0 unspecified atom stereocenters. The highest BCUT2D eigenvalue weighted by Gasteiger charge is 2.06. The topological polar surface area (TPSA) is 92.4 Å². The first-order chi connectivity index (χ1) is 6.59. The van der Waals surface area contributed by atoms with Crippen LogP contribution in [0.25, 0.3) is 0 Å². The molecule has 4 N–H and O–H groups in total. The molecule has 0 aliphatic rings. The van der Waals surface area contributed by atoms with E-state index in [1.165, 1.54) is 17.4 Å². The quantitative estimate of drug-likeness (QED) is 0.644. The molecule has 14 heavy (non-hydrogen) atoms. The monoisotopic (exact) mass is 214 g/mol. The Bertz CT molecular complexity index is 348. The average molecular weight is 214 g/mol. The van der Waals surface area contributed by atoms with Crippen molar-refractivity contribution in [2.75, 3.05) is 6.54 Å². The van der Waals surface area contributed by atoms with Crippen LogP contribution in [0, 0.1) is 0 Å². The summed E-state index contributed by atoms with van der Waals surface area (Å²) in [5, 5.41) is 11.4. The molecule has 0 aromatic carbocycles. The van der Waals surface area contributed by atoms with Crippen LogP contribution in [0.4, 0.5) is 0 Å². The molecular formula is C8H10N2O3S. The molecule has 0 atom stereocenters. The van der Waals surface area contributed by atoms with Crippen LogP contribution < -0.4 is 11.1 Å². The van der Waals surface area contributed by atoms with E-state index in [0.29, 0.717) is 11.4 Å². The van der Waals surface area contributed by atoms with Crippen molar-refractivity contribution >= 4 is 23.2 Å². The van der Waals surface area contributed by atoms with Crippen molar-refractivity contribution in [3.63, 3.8) is 0 Å². The molecule has 1 rings (SSSR count). The highest BCUT2D eigenvalue weighted by molar-refractivity contribution is 7.13. The van der Waals surface area contributed by atoms with Crippen LogP contribution in [0.15, 0.2) is 12.1 Å². The van der Waals surface area contributed by atoms with Gasteiger partial charge in [-0.05, 0) is 12.1 Å². The second kappa shape index (κ2) is 4.73. The Balaban J connectivity index is 2.44. The molecule has 0 bridgehead atoms. The number of hydrogen-bond donors (Lipinski definition) is 3. The molecule has 0 fully saturated rings. The van der Waals surface area contributed by atoms with E-state index in [9.17, 15) is 9.59 Å². The Kier molecular flexibility index (Phi) is 3.61. The highest BCUT2D eigenvalue weighted by Crippen LogP contribution is 2.15. The first-order valence-electron chi connectivity index (χ1n) is 3.90. The van der Waals surface area contributed by atoms with E-state index in [-0.39, 0.29) is 6.54 Å². The Hall–Kier alpha value is -1.40. The molecule has 1 heterocycles. The van der Waals surface area contributed by atoms with E-state index in [1.807, 2.05) is 0 Å². The van der Waals surface area contributed by atoms with Gasteiger partial charge in [-0.25, -0.2) is 4.79 Å². The fraction of sp³-hybridized carbons (Fsp3) is 0.250. The van der Waals surface area contributed by atoms with Crippen molar-refractivity contribution in [1.82, 2.24) is 5.32 Å². The van der Waals surface area contributed by atoms with Crippen LogP contribution in [0.2, 0.25) is 0 Å². The zero-order chi connectivity index (χ0) is 10.6. The minimum absolute atomic E-state index is 0.0975. The van der Waals surface area contributed by atoms with Gasteiger partial charge in [-0.15, -0.1) is 11.3 Å². The summed E-state index contributed by atoms with van der Waals surface area (Å²) in [5.74, 6) is -1.36. The molecule has 0 saturated carbocycles. The standard InChI is InChI=1S/C8H10N2O3S/c9-7(11)4-10-3-5-1-2-6(14-5)8(12)13/h1-2,10H,3-4H2,(H2,9,11)(H,12,13). The molecule has 1 aromatic heterocycles. The minimum atomic E-state index is -0.934. The van der Waals surface area contributed by atoms with Crippen LogP contribution >= 0.6 is 11.3 Å². The zero-order valence-corrected chi connectivity index (χ0v) is 8.13. The maximum Gasteiger partial charge on any atom is 0.345 e. The SMILES string of the molecule is NC(=O)CNCc1ccc(C(=O)O)s1. The molecular weight excluding hydrogens is 204 g/mol. The summed E-state index contributed by atoms with van der Waals surface area (Å²) in [7, 11) is 0. The lowest BCUT2D eigenvalue weighted by molar-refractivity contribution is -0.117. The predicted octanol–water partition coefficient (Wildman–Crippen LogP) is 0.0212. The largest absolute Gasteiger partial charge is 0.477 e. The molecule has 0 aliphatic carbocycles. The number of thiophene rings is 1. The number of hydrogen-bond acceptors (Lipinski definition) is 4. The lowest BCUT2D eigenvalue weighted by Crippen LogP contribution is -2.27. The maximum atomic E-state index is 10.5. The van der Waals surface area contributed by atoms with E-state index >= 15 is 0 Å². The van der Waals surface area contributed by atoms with Crippen LogP contribution in [0.5, 0.6) is 0 Å². The van der Waals surface area contributed by atoms with Crippen molar-refractivity contribution < 1.29 is 14.7 Å². The number of amides is 1. The molecule has 0 saturated heterocycles. The van der Waals surface area contributed by atoms with Crippen LogP contribution in [-0.4, -0.2) is 23.5 Å². The van der Waals surface area contributed by atoms with E-state index in [4.69, 9.17) is 10.8 Å². The lowest BCUT2D eigenvalue weighted by Gasteiger charge is -1.97. The third kappa shape index (κ3) is 3.15. The second-order valence-corrected chi connectivity index (χ2v) is 3.81. The smallest absolute Gasteiger partial charge is 0.345 e. The van der Waals surface area contributed by atoms with Gasteiger partial charge in [0.15, 0.2) is 0 Å². The fourth-order valence-corrected chi connectivity index (χ4v) is 1.71. The number of nitrogens with two attached hydrogens (primary N) is 1. The van der Waals surface area contributed by atoms with Crippen molar-refractivity contribution in [3.05, 3.63) is 21.9 Å². The maximum absolute atomic E-state index is 10.5. The molecule has 6 heteroatoms. The van der Waals surface area contributed by atoms with Gasteiger partial charge in [0.1, 0.15) is 4.88 Å². The summed E-state index contributed by atoms with van der Waals surface area (Å²) >= 11 is 1.18. The van der Waals surface area contributed by atoms with Crippen LogP contribution in [-0.2, 0) is 11.3 Å². The van der Waals surface area contributed by atoms with E-state index in [0.717, 1.165) is 4.88 Å². The summed E-state index contributed by atoms with van der Waals surface area (Å²) in [5.41, 5.74) is 4.92. The summed E-state index contributed by atoms with van der Waals surface area (Å²) in [6.07, 6.45) is 0. The molecule has 1 amide bonds. The molecule has 0 spiro atoms. The van der Waals surface area contributed by atoms with Gasteiger partial charge in [-0.3, -0.25) is 4.79 Å². The number of carbonyl (C=O) groups is 2. The third-order valence-corrected chi connectivity index (χ3v) is 2.54. The van der Waals surface area contributed by atoms with Crippen LogP contribution in [0.1, 0.15) is 14.5 Å². The second-order valence-electron chi connectivity index (χ2n) is 2.64. The number of nitrogens with one attached hydrogen (secondary N) is 1. The summed E-state index contributed by atoms with van der Waals surface area (Å²) < 4.78 is 0. The summed E-state index contributed by atoms with van der Waals surface area (Å²) in [4.78, 5) is 22.0. The normalized spacial score (nSPS) is 10.0. The summed E-state index contributed by atoms with van der Waals surface area (Å²) in [6.45, 7) is 0.557. The van der Waals surface area contributed by atoms with Gasteiger partial charge in [0.25, 0.3) is 0 Å². The van der Waals surface area contributed by atoms with Gasteiger partial charge < -0.3 is 16.2 Å².